The zero-order valence-corrected chi connectivity index (χ0v) is 11.0. The molecule has 3 rings (SSSR count). The lowest BCUT2D eigenvalue weighted by molar-refractivity contribution is 0.0921. The lowest BCUT2D eigenvalue weighted by Gasteiger charge is -2.24. The second-order valence-electron chi connectivity index (χ2n) is 5.20. The van der Waals surface area contributed by atoms with Crippen molar-refractivity contribution in [3.05, 3.63) is 23.0 Å². The molecule has 4 nitrogen and oxygen atoms in total. The average molecular weight is 268 g/mol. The number of carbonyl (C=O) groups is 1. The molecule has 1 saturated carbocycles. The van der Waals surface area contributed by atoms with Gasteiger partial charge in [0.2, 0.25) is 0 Å². The van der Waals surface area contributed by atoms with Crippen molar-refractivity contribution in [3.8, 4) is 0 Å². The molecule has 1 aromatic heterocycles. The van der Waals surface area contributed by atoms with E-state index >= 15 is 0 Å². The molecular formula is C13H18ClN3O. The quantitative estimate of drug-likeness (QED) is 0.879. The molecule has 0 spiro atoms. The van der Waals surface area contributed by atoms with E-state index in [1.165, 1.54) is 0 Å². The summed E-state index contributed by atoms with van der Waals surface area (Å²) in [6, 6.07) is 2.49. The molecule has 18 heavy (non-hydrogen) atoms. The molecule has 2 N–H and O–H groups in total. The van der Waals surface area contributed by atoms with Crippen LogP contribution in [0, 0.1) is 0 Å². The summed E-state index contributed by atoms with van der Waals surface area (Å²) in [5, 5.41) is 7.04. The van der Waals surface area contributed by atoms with Gasteiger partial charge in [0, 0.05) is 24.8 Å². The van der Waals surface area contributed by atoms with Crippen molar-refractivity contribution in [2.24, 2.45) is 0 Å². The number of aromatic nitrogens is 1. The van der Waals surface area contributed by atoms with Crippen molar-refractivity contribution in [1.29, 1.82) is 0 Å². The fraction of sp³-hybridized carbons (Fsp3) is 0.615. The Kier molecular flexibility index (Phi) is 3.31. The summed E-state index contributed by atoms with van der Waals surface area (Å²) in [6.07, 6.45) is 6.34. The van der Waals surface area contributed by atoms with Gasteiger partial charge < -0.3 is 15.2 Å². The molecule has 1 aliphatic carbocycles. The fourth-order valence-corrected chi connectivity index (χ4v) is 2.73. The van der Waals surface area contributed by atoms with Gasteiger partial charge in [0.25, 0.3) is 5.91 Å². The molecule has 0 radical (unpaired) electrons. The van der Waals surface area contributed by atoms with E-state index in [0.29, 0.717) is 16.8 Å². The van der Waals surface area contributed by atoms with Crippen LogP contribution in [0.15, 0.2) is 12.3 Å². The third-order valence-electron chi connectivity index (χ3n) is 3.62. The van der Waals surface area contributed by atoms with Gasteiger partial charge in [-0.15, -0.1) is 0 Å². The summed E-state index contributed by atoms with van der Waals surface area (Å²) >= 11 is 6.01. The molecule has 98 valence electrons. The van der Waals surface area contributed by atoms with E-state index in [9.17, 15) is 4.79 Å². The number of halogens is 1. The Morgan fingerprint density at radius 2 is 2.28 bits per heavy atom. The number of piperidine rings is 1. The predicted molar refractivity (Wildman–Crippen MR) is 71.1 cm³/mol. The highest BCUT2D eigenvalue weighted by molar-refractivity contribution is 6.31. The Morgan fingerprint density at radius 1 is 1.44 bits per heavy atom. The predicted octanol–water partition coefficient (Wildman–Crippen LogP) is 1.96. The second-order valence-corrected chi connectivity index (χ2v) is 5.64. The van der Waals surface area contributed by atoms with Crippen LogP contribution in [0.3, 0.4) is 0 Å². The first-order chi connectivity index (χ1) is 8.74. The first kappa shape index (κ1) is 12.1. The van der Waals surface area contributed by atoms with Crippen LogP contribution in [-0.4, -0.2) is 29.6 Å². The van der Waals surface area contributed by atoms with Crippen molar-refractivity contribution < 1.29 is 4.79 Å². The Bertz CT molecular complexity index is 447. The van der Waals surface area contributed by atoms with Crippen molar-refractivity contribution in [1.82, 2.24) is 15.2 Å². The van der Waals surface area contributed by atoms with Crippen LogP contribution in [-0.2, 0) is 0 Å². The number of hydrogen-bond acceptors (Lipinski definition) is 2. The van der Waals surface area contributed by atoms with E-state index in [2.05, 4.69) is 10.6 Å². The molecule has 0 unspecified atom stereocenters. The van der Waals surface area contributed by atoms with Crippen LogP contribution >= 0.6 is 11.6 Å². The Labute approximate surface area is 112 Å². The van der Waals surface area contributed by atoms with Crippen molar-refractivity contribution in [3.63, 3.8) is 0 Å². The van der Waals surface area contributed by atoms with Gasteiger partial charge in [-0.05, 0) is 38.3 Å². The van der Waals surface area contributed by atoms with Crippen LogP contribution in [0.25, 0.3) is 0 Å². The number of amides is 1. The minimum atomic E-state index is 0.00231. The van der Waals surface area contributed by atoms with Crippen LogP contribution < -0.4 is 10.6 Å². The lowest BCUT2D eigenvalue weighted by Crippen LogP contribution is -2.46. The molecule has 5 heteroatoms. The second kappa shape index (κ2) is 4.94. The number of nitrogens with one attached hydrogen (secondary N) is 2. The van der Waals surface area contributed by atoms with Crippen LogP contribution in [0.5, 0.6) is 0 Å². The van der Waals surface area contributed by atoms with Gasteiger partial charge in [0.1, 0.15) is 5.69 Å². The first-order valence-corrected chi connectivity index (χ1v) is 7.01. The van der Waals surface area contributed by atoms with Gasteiger partial charge in [-0.3, -0.25) is 4.79 Å². The highest BCUT2D eigenvalue weighted by atomic mass is 35.5. The number of hydrogen-bond donors (Lipinski definition) is 2. The minimum absolute atomic E-state index is 0.00231. The van der Waals surface area contributed by atoms with E-state index in [1.54, 1.807) is 6.07 Å². The molecule has 2 fully saturated rings. The number of carbonyl (C=O) groups excluding carboxylic acids is 1. The summed E-state index contributed by atoms with van der Waals surface area (Å²) in [5.74, 6) is 0.00231. The smallest absolute Gasteiger partial charge is 0.268 e. The average Bonchev–Trinajstić information content (AvgIpc) is 3.13. The van der Waals surface area contributed by atoms with E-state index in [4.69, 9.17) is 11.6 Å². The largest absolute Gasteiger partial charge is 0.347 e. The van der Waals surface area contributed by atoms with E-state index in [0.717, 1.165) is 38.8 Å². The topological polar surface area (TPSA) is 46.1 Å². The highest BCUT2D eigenvalue weighted by Gasteiger charge is 2.28. The van der Waals surface area contributed by atoms with Crippen LogP contribution in [0.1, 0.15) is 42.2 Å². The summed E-state index contributed by atoms with van der Waals surface area (Å²) in [4.78, 5) is 12.3. The summed E-state index contributed by atoms with van der Waals surface area (Å²) in [5.41, 5.74) is 0.702. The zero-order valence-electron chi connectivity index (χ0n) is 10.3. The molecular weight excluding hydrogens is 250 g/mol. The van der Waals surface area contributed by atoms with E-state index in [-0.39, 0.29) is 11.9 Å². The zero-order chi connectivity index (χ0) is 12.5. The van der Waals surface area contributed by atoms with Gasteiger partial charge in [-0.1, -0.05) is 11.6 Å². The third kappa shape index (κ3) is 2.54. The van der Waals surface area contributed by atoms with Crippen LogP contribution in [0.4, 0.5) is 0 Å². The maximum absolute atomic E-state index is 12.3. The standard InChI is InChI=1S/C13H18ClN3O/c14-9-6-12(17(8-9)11-3-4-11)13(18)16-10-2-1-5-15-7-10/h6,8,10-11,15H,1-5,7H2,(H,16,18)/t10-/m0/s1. The molecule has 0 aromatic carbocycles. The Hall–Kier alpha value is -1.00. The monoisotopic (exact) mass is 267 g/mol. The first-order valence-electron chi connectivity index (χ1n) is 6.63. The lowest BCUT2D eigenvalue weighted by atomic mass is 10.1. The van der Waals surface area contributed by atoms with Crippen molar-refractivity contribution in [2.45, 2.75) is 37.8 Å². The maximum atomic E-state index is 12.3. The number of rotatable bonds is 3. The Morgan fingerprint density at radius 3 is 2.94 bits per heavy atom. The summed E-state index contributed by atoms with van der Waals surface area (Å²) in [7, 11) is 0. The molecule has 1 atom stereocenters. The SMILES string of the molecule is O=C(N[C@H]1CCCNC1)c1cc(Cl)cn1C1CC1. The highest BCUT2D eigenvalue weighted by Crippen LogP contribution is 2.37. The van der Waals surface area contributed by atoms with Crippen molar-refractivity contribution >= 4 is 17.5 Å². The molecule has 1 saturated heterocycles. The summed E-state index contributed by atoms with van der Waals surface area (Å²) in [6.45, 7) is 1.92. The van der Waals surface area contributed by atoms with Crippen molar-refractivity contribution in [2.75, 3.05) is 13.1 Å². The van der Waals surface area contributed by atoms with Gasteiger partial charge in [-0.25, -0.2) is 0 Å². The minimum Gasteiger partial charge on any atom is -0.347 e. The van der Waals surface area contributed by atoms with Crippen LogP contribution in [0.2, 0.25) is 5.02 Å². The molecule has 1 aromatic rings. The fourth-order valence-electron chi connectivity index (χ4n) is 2.52. The normalized spacial score (nSPS) is 23.9. The molecule has 2 aliphatic rings. The maximum Gasteiger partial charge on any atom is 0.268 e. The Balaban J connectivity index is 1.71. The molecule has 0 bridgehead atoms. The molecule has 1 amide bonds. The van der Waals surface area contributed by atoms with E-state index < -0.39 is 0 Å². The van der Waals surface area contributed by atoms with Gasteiger partial charge in [0.05, 0.1) is 5.02 Å². The van der Waals surface area contributed by atoms with E-state index in [1.807, 2.05) is 10.8 Å². The third-order valence-corrected chi connectivity index (χ3v) is 3.83. The molecule has 1 aliphatic heterocycles. The summed E-state index contributed by atoms with van der Waals surface area (Å²) < 4.78 is 2.02. The number of nitrogens with zero attached hydrogens (tertiary/aromatic N) is 1. The van der Waals surface area contributed by atoms with Gasteiger partial charge in [0.15, 0.2) is 0 Å². The van der Waals surface area contributed by atoms with Gasteiger partial charge >= 0.3 is 0 Å². The van der Waals surface area contributed by atoms with Gasteiger partial charge in [-0.2, -0.15) is 0 Å². The molecule has 2 heterocycles.